The second-order valence-electron chi connectivity index (χ2n) is 5.45. The molecule has 5 nitrogen and oxygen atoms in total. The van der Waals surface area contributed by atoms with Crippen LogP contribution < -0.4 is 9.47 Å². The molecule has 0 unspecified atom stereocenters. The van der Waals surface area contributed by atoms with E-state index in [1.165, 1.54) is 0 Å². The molecular weight excluding hydrogens is 294 g/mol. The number of benzene rings is 1. The van der Waals surface area contributed by atoms with Gasteiger partial charge in [-0.05, 0) is 31.9 Å². The zero-order chi connectivity index (χ0) is 15.1. The Hall–Kier alpha value is -1.46. The van der Waals surface area contributed by atoms with Crippen LogP contribution in [0, 0.1) is 6.92 Å². The summed E-state index contributed by atoms with van der Waals surface area (Å²) in [6.07, 6.45) is 0.0386. The molecule has 1 fully saturated rings. The maximum absolute atomic E-state index is 12.8. The number of nitrogens with zero attached hydrogens (tertiary/aromatic N) is 1. The average Bonchev–Trinajstić information content (AvgIpc) is 2.77. The zero-order valence-corrected chi connectivity index (χ0v) is 12.8. The number of hydrogen-bond acceptors (Lipinski definition) is 4. The molecule has 0 bridgehead atoms. The van der Waals surface area contributed by atoms with E-state index < -0.39 is 6.10 Å². The topological polar surface area (TPSA) is 59.0 Å². The van der Waals surface area contributed by atoms with E-state index in [-0.39, 0.29) is 11.9 Å². The number of hydrogen-bond donors (Lipinski definition) is 1. The van der Waals surface area contributed by atoms with Crippen LogP contribution in [0.1, 0.15) is 29.3 Å². The van der Waals surface area contributed by atoms with Crippen LogP contribution in [-0.4, -0.2) is 47.8 Å². The van der Waals surface area contributed by atoms with Gasteiger partial charge in [-0.15, -0.1) is 0 Å². The van der Waals surface area contributed by atoms with Crippen LogP contribution in [0.25, 0.3) is 0 Å². The van der Waals surface area contributed by atoms with Crippen LogP contribution in [0.4, 0.5) is 0 Å². The van der Waals surface area contributed by atoms with Gasteiger partial charge in [-0.1, -0.05) is 11.6 Å². The van der Waals surface area contributed by atoms with Crippen LogP contribution in [0.2, 0.25) is 5.02 Å². The number of fused-ring (bicyclic) bond motifs is 2. The molecule has 3 rings (SSSR count). The molecule has 0 saturated carbocycles. The van der Waals surface area contributed by atoms with Gasteiger partial charge >= 0.3 is 0 Å². The van der Waals surface area contributed by atoms with Crippen molar-refractivity contribution < 1.29 is 19.4 Å². The van der Waals surface area contributed by atoms with Crippen molar-refractivity contribution in [3.8, 4) is 11.5 Å². The highest BCUT2D eigenvalue weighted by atomic mass is 35.5. The van der Waals surface area contributed by atoms with Gasteiger partial charge in [0.25, 0.3) is 5.91 Å². The third kappa shape index (κ3) is 2.34. The molecule has 1 aromatic rings. The second kappa shape index (κ2) is 5.39. The second-order valence-corrected chi connectivity index (χ2v) is 5.83. The lowest BCUT2D eigenvalue weighted by atomic mass is 10.1. The molecule has 2 aliphatic rings. The van der Waals surface area contributed by atoms with Crippen molar-refractivity contribution in [2.75, 3.05) is 19.8 Å². The summed E-state index contributed by atoms with van der Waals surface area (Å²) in [5, 5.41) is 10.2. The number of aliphatic hydroxyl groups is 1. The Morgan fingerprint density at radius 1 is 1.57 bits per heavy atom. The molecule has 1 aromatic carbocycles. The fraction of sp³-hybridized carbons (Fsp3) is 0.533. The number of ether oxygens (including phenoxy) is 2. The summed E-state index contributed by atoms with van der Waals surface area (Å²) in [5.41, 5.74) is 1.18. The van der Waals surface area contributed by atoms with E-state index in [9.17, 15) is 9.90 Å². The lowest BCUT2D eigenvalue weighted by Crippen LogP contribution is -2.37. The summed E-state index contributed by atoms with van der Waals surface area (Å²) in [6, 6.07) is 1.67. The number of halogens is 1. The van der Waals surface area contributed by atoms with Crippen molar-refractivity contribution in [2.45, 2.75) is 32.4 Å². The first-order chi connectivity index (χ1) is 10.0. The highest BCUT2D eigenvalue weighted by Crippen LogP contribution is 2.41. The van der Waals surface area contributed by atoms with Crippen molar-refractivity contribution in [1.82, 2.24) is 4.90 Å². The van der Waals surface area contributed by atoms with Gasteiger partial charge in [0.2, 0.25) is 0 Å². The zero-order valence-electron chi connectivity index (χ0n) is 12.1. The van der Waals surface area contributed by atoms with Crippen molar-refractivity contribution >= 4 is 17.5 Å². The maximum atomic E-state index is 12.8. The molecule has 1 saturated heterocycles. The standard InChI is InChI=1S/C15H18ClNO4/c1-3-20-14-12-11(4-8(2)13(14)16)21-7-9-5-10(18)6-17(9)15(12)19/h4,9-10,18H,3,5-7H2,1-2H3/t9-,10-/m1/s1. The minimum atomic E-state index is -0.499. The smallest absolute Gasteiger partial charge is 0.261 e. The third-order valence-corrected chi connectivity index (χ3v) is 4.42. The molecule has 0 radical (unpaired) electrons. The van der Waals surface area contributed by atoms with Crippen LogP contribution in [0.3, 0.4) is 0 Å². The summed E-state index contributed by atoms with van der Waals surface area (Å²) >= 11 is 6.30. The van der Waals surface area contributed by atoms with Gasteiger partial charge in [0, 0.05) is 6.54 Å². The summed E-state index contributed by atoms with van der Waals surface area (Å²) in [4.78, 5) is 14.5. The van der Waals surface area contributed by atoms with Crippen molar-refractivity contribution in [2.24, 2.45) is 0 Å². The predicted molar refractivity (Wildman–Crippen MR) is 78.3 cm³/mol. The first-order valence-corrected chi connectivity index (χ1v) is 7.48. The Morgan fingerprint density at radius 3 is 3.05 bits per heavy atom. The molecule has 2 aliphatic heterocycles. The monoisotopic (exact) mass is 311 g/mol. The summed E-state index contributed by atoms with van der Waals surface area (Å²) in [5.74, 6) is 0.699. The van der Waals surface area contributed by atoms with E-state index in [1.54, 1.807) is 11.0 Å². The number of carbonyl (C=O) groups is 1. The van der Waals surface area contributed by atoms with Crippen molar-refractivity contribution in [1.29, 1.82) is 0 Å². The number of aliphatic hydroxyl groups excluding tert-OH is 1. The molecule has 114 valence electrons. The normalized spacial score (nSPS) is 24.2. The molecule has 1 amide bonds. The van der Waals surface area contributed by atoms with Gasteiger partial charge in [-0.25, -0.2) is 0 Å². The lowest BCUT2D eigenvalue weighted by molar-refractivity contribution is 0.0706. The lowest BCUT2D eigenvalue weighted by Gasteiger charge is -2.21. The van der Waals surface area contributed by atoms with Gasteiger partial charge in [-0.3, -0.25) is 4.79 Å². The largest absolute Gasteiger partial charge is 0.491 e. The highest BCUT2D eigenvalue weighted by molar-refractivity contribution is 6.33. The van der Waals surface area contributed by atoms with Crippen molar-refractivity contribution in [3.05, 3.63) is 22.2 Å². The van der Waals surface area contributed by atoms with Gasteiger partial charge in [-0.2, -0.15) is 0 Å². The van der Waals surface area contributed by atoms with Crippen molar-refractivity contribution in [3.63, 3.8) is 0 Å². The van der Waals surface area contributed by atoms with E-state index in [4.69, 9.17) is 21.1 Å². The fourth-order valence-electron chi connectivity index (χ4n) is 2.96. The Morgan fingerprint density at radius 2 is 2.33 bits per heavy atom. The van der Waals surface area contributed by atoms with Gasteiger partial charge in [0.05, 0.1) is 23.8 Å². The van der Waals surface area contributed by atoms with E-state index in [1.807, 2.05) is 13.8 Å². The van der Waals surface area contributed by atoms with Gasteiger partial charge in [0.15, 0.2) is 5.75 Å². The van der Waals surface area contributed by atoms with E-state index in [0.29, 0.717) is 48.3 Å². The van der Waals surface area contributed by atoms with Crippen LogP contribution in [0.15, 0.2) is 6.07 Å². The van der Waals surface area contributed by atoms with Crippen LogP contribution in [-0.2, 0) is 0 Å². The first kappa shape index (κ1) is 14.5. The molecule has 21 heavy (non-hydrogen) atoms. The number of amides is 1. The summed E-state index contributed by atoms with van der Waals surface area (Å²) in [7, 11) is 0. The molecule has 1 N–H and O–H groups in total. The fourth-order valence-corrected chi connectivity index (χ4v) is 3.16. The Balaban J connectivity index is 2.12. The molecular formula is C15H18ClNO4. The average molecular weight is 312 g/mol. The number of aryl methyl sites for hydroxylation is 1. The molecule has 6 heteroatoms. The summed E-state index contributed by atoms with van der Waals surface area (Å²) in [6.45, 7) is 4.81. The minimum Gasteiger partial charge on any atom is -0.491 e. The summed E-state index contributed by atoms with van der Waals surface area (Å²) < 4.78 is 11.4. The van der Waals surface area contributed by atoms with Gasteiger partial charge < -0.3 is 19.5 Å². The molecule has 2 heterocycles. The van der Waals surface area contributed by atoms with Crippen LogP contribution in [0.5, 0.6) is 11.5 Å². The van der Waals surface area contributed by atoms with E-state index in [2.05, 4.69) is 0 Å². The minimum absolute atomic E-state index is 0.103. The number of carbonyl (C=O) groups excluding carboxylic acids is 1. The first-order valence-electron chi connectivity index (χ1n) is 7.10. The number of rotatable bonds is 2. The van der Waals surface area contributed by atoms with E-state index >= 15 is 0 Å². The molecule has 0 aromatic heterocycles. The van der Waals surface area contributed by atoms with Gasteiger partial charge in [0.1, 0.15) is 17.9 Å². The molecule has 2 atom stereocenters. The highest BCUT2D eigenvalue weighted by Gasteiger charge is 2.40. The quantitative estimate of drug-likeness (QED) is 0.908. The predicted octanol–water partition coefficient (Wildman–Crippen LogP) is 2.01. The Kier molecular flexibility index (Phi) is 3.71. The SMILES string of the molecule is CCOc1c(Cl)c(C)cc2c1C(=O)N1C[C@H](O)C[C@@H]1CO2. The van der Waals surface area contributed by atoms with Crippen LogP contribution >= 0.6 is 11.6 Å². The molecule has 0 aliphatic carbocycles. The van der Waals surface area contributed by atoms with E-state index in [0.717, 1.165) is 5.56 Å². The maximum Gasteiger partial charge on any atom is 0.261 e. The molecule has 0 spiro atoms. The third-order valence-electron chi connectivity index (χ3n) is 3.95. The Labute approximate surface area is 128 Å². The Bertz CT molecular complexity index is 590.